The number of carbonyl (C=O) groups is 1. The molecule has 2 aromatic heterocycles. The summed E-state index contributed by atoms with van der Waals surface area (Å²) in [6, 6.07) is 5.48. The highest BCUT2D eigenvalue weighted by atomic mass is 32.1. The number of fused-ring (bicyclic) bond motifs is 3. The Morgan fingerprint density at radius 3 is 2.29 bits per heavy atom. The second kappa shape index (κ2) is 11.1. The van der Waals surface area contributed by atoms with Gasteiger partial charge in [0.05, 0.1) is 19.6 Å². The molecule has 1 saturated heterocycles. The van der Waals surface area contributed by atoms with Gasteiger partial charge in [0.1, 0.15) is 33.5 Å². The van der Waals surface area contributed by atoms with Crippen LogP contribution in [0.1, 0.15) is 83.9 Å². The minimum absolute atomic E-state index is 0.0425. The van der Waals surface area contributed by atoms with E-state index in [4.69, 9.17) is 19.4 Å². The lowest BCUT2D eigenvalue weighted by molar-refractivity contribution is 0.0739. The van der Waals surface area contributed by atoms with Crippen molar-refractivity contribution in [1.29, 1.82) is 0 Å². The summed E-state index contributed by atoms with van der Waals surface area (Å²) in [5, 5.41) is 1.29. The number of methoxy groups -OCH3 is 2. The topological polar surface area (TPSA) is 67.8 Å². The molecule has 1 aromatic carbocycles. The van der Waals surface area contributed by atoms with Gasteiger partial charge in [-0.1, -0.05) is 31.7 Å². The van der Waals surface area contributed by atoms with Gasteiger partial charge >= 0.3 is 0 Å². The third kappa shape index (κ3) is 4.72. The summed E-state index contributed by atoms with van der Waals surface area (Å²) in [6.45, 7) is 2.78. The molecule has 3 heterocycles. The molecule has 0 atom stereocenters. The van der Waals surface area contributed by atoms with E-state index >= 15 is 0 Å². The normalized spacial score (nSPS) is 18.8. The van der Waals surface area contributed by atoms with Crippen LogP contribution in [-0.4, -0.2) is 61.2 Å². The molecule has 0 unspecified atom stereocenters. The van der Waals surface area contributed by atoms with Crippen LogP contribution in [0.3, 0.4) is 0 Å². The predicted molar refractivity (Wildman–Crippen MR) is 152 cm³/mol. The van der Waals surface area contributed by atoms with Crippen LogP contribution in [0.4, 0.5) is 5.82 Å². The number of thiophene rings is 1. The molecule has 202 valence electrons. The Kier molecular flexibility index (Phi) is 7.41. The number of ether oxygens (including phenoxy) is 2. The maximum atomic E-state index is 13.6. The molecule has 3 aromatic rings. The third-order valence-corrected chi connectivity index (χ3v) is 9.73. The zero-order valence-electron chi connectivity index (χ0n) is 22.6. The molecule has 3 aliphatic rings. The van der Waals surface area contributed by atoms with E-state index in [2.05, 4.69) is 4.90 Å². The number of benzene rings is 1. The summed E-state index contributed by atoms with van der Waals surface area (Å²) in [4.78, 5) is 31.1. The van der Waals surface area contributed by atoms with Crippen LogP contribution in [0.2, 0.25) is 0 Å². The number of amides is 1. The fraction of sp³-hybridized carbons (Fsp3) is 0.567. The Morgan fingerprint density at radius 2 is 1.58 bits per heavy atom. The first-order valence-corrected chi connectivity index (χ1v) is 15.1. The zero-order valence-corrected chi connectivity index (χ0v) is 23.4. The van der Waals surface area contributed by atoms with Crippen molar-refractivity contribution in [1.82, 2.24) is 14.9 Å². The van der Waals surface area contributed by atoms with Crippen molar-refractivity contribution in [3.8, 4) is 11.5 Å². The molecule has 1 amide bonds. The van der Waals surface area contributed by atoms with E-state index in [1.54, 1.807) is 14.2 Å². The van der Waals surface area contributed by atoms with E-state index in [-0.39, 0.29) is 5.91 Å². The van der Waals surface area contributed by atoms with E-state index in [9.17, 15) is 4.79 Å². The van der Waals surface area contributed by atoms with E-state index in [0.29, 0.717) is 36.1 Å². The summed E-state index contributed by atoms with van der Waals surface area (Å²) in [7, 11) is 3.19. The molecule has 6 rings (SSSR count). The number of hydrogen-bond donors (Lipinski definition) is 0. The molecule has 1 saturated carbocycles. The first-order valence-electron chi connectivity index (χ1n) is 14.2. The van der Waals surface area contributed by atoms with Gasteiger partial charge in [0.15, 0.2) is 0 Å². The first kappa shape index (κ1) is 25.4. The maximum absolute atomic E-state index is 13.6. The highest BCUT2D eigenvalue weighted by Crippen LogP contribution is 2.41. The maximum Gasteiger partial charge on any atom is 0.261 e. The molecule has 0 radical (unpaired) electrons. The molecule has 2 fully saturated rings. The standard InChI is InChI=1S/C30H38N4O3S/c1-36-22-13-9-14-23(37-2)26(22)30(35)34-18-16-33(17-19-34)28-25-21-12-7-4-8-15-24(21)38-29(25)32-27(31-28)20-10-5-3-6-11-20/h9,13-14,20H,3-8,10-12,15-19H2,1-2H3. The molecular weight excluding hydrogens is 496 g/mol. The van der Waals surface area contributed by atoms with Crippen molar-refractivity contribution in [3.63, 3.8) is 0 Å². The number of aromatic nitrogens is 2. The highest BCUT2D eigenvalue weighted by molar-refractivity contribution is 7.19. The van der Waals surface area contributed by atoms with Gasteiger partial charge < -0.3 is 19.3 Å². The quantitative estimate of drug-likeness (QED) is 0.375. The van der Waals surface area contributed by atoms with Crippen LogP contribution < -0.4 is 14.4 Å². The number of anilines is 1. The van der Waals surface area contributed by atoms with Crippen molar-refractivity contribution in [2.24, 2.45) is 0 Å². The number of rotatable bonds is 5. The smallest absolute Gasteiger partial charge is 0.261 e. The molecular formula is C30H38N4O3S. The predicted octanol–water partition coefficient (Wildman–Crippen LogP) is 5.99. The molecule has 2 aliphatic carbocycles. The molecule has 1 aliphatic heterocycles. The van der Waals surface area contributed by atoms with Crippen LogP contribution >= 0.6 is 11.3 Å². The van der Waals surface area contributed by atoms with Gasteiger partial charge in [-0.05, 0) is 56.2 Å². The Bertz CT molecular complexity index is 1290. The van der Waals surface area contributed by atoms with Crippen LogP contribution in [0.15, 0.2) is 18.2 Å². The van der Waals surface area contributed by atoms with Gasteiger partial charge in [0.2, 0.25) is 0 Å². The second-order valence-electron chi connectivity index (χ2n) is 10.8. The molecule has 7 nitrogen and oxygen atoms in total. The van der Waals surface area contributed by atoms with Crippen molar-refractivity contribution in [3.05, 3.63) is 40.0 Å². The number of nitrogens with zero attached hydrogens (tertiary/aromatic N) is 4. The summed E-state index contributed by atoms with van der Waals surface area (Å²) < 4.78 is 11.0. The summed E-state index contributed by atoms with van der Waals surface area (Å²) in [5.41, 5.74) is 1.99. The molecule has 38 heavy (non-hydrogen) atoms. The average molecular weight is 535 g/mol. The van der Waals surface area contributed by atoms with Crippen molar-refractivity contribution >= 4 is 33.3 Å². The van der Waals surface area contributed by atoms with E-state index in [0.717, 1.165) is 37.6 Å². The number of hydrogen-bond acceptors (Lipinski definition) is 7. The van der Waals surface area contributed by atoms with Gasteiger partial charge in [-0.15, -0.1) is 11.3 Å². The third-order valence-electron chi connectivity index (χ3n) is 8.54. The Hall–Kier alpha value is -2.87. The van der Waals surface area contributed by atoms with Gasteiger partial charge in [-0.3, -0.25) is 4.79 Å². The van der Waals surface area contributed by atoms with E-state index in [1.807, 2.05) is 34.4 Å². The van der Waals surface area contributed by atoms with Crippen LogP contribution in [0, 0.1) is 0 Å². The van der Waals surface area contributed by atoms with Crippen LogP contribution in [0.5, 0.6) is 11.5 Å². The van der Waals surface area contributed by atoms with Crippen molar-refractivity contribution < 1.29 is 14.3 Å². The monoisotopic (exact) mass is 534 g/mol. The van der Waals surface area contributed by atoms with Crippen molar-refractivity contribution in [2.75, 3.05) is 45.3 Å². The number of piperazine rings is 1. The SMILES string of the molecule is COc1cccc(OC)c1C(=O)N1CCN(c2nc(C3CCCCC3)nc3sc4c(c23)CCCCC4)CC1. The lowest BCUT2D eigenvalue weighted by atomic mass is 9.88. The van der Waals surface area contributed by atoms with Gasteiger partial charge in [0.25, 0.3) is 5.91 Å². The summed E-state index contributed by atoms with van der Waals surface area (Å²) >= 11 is 1.91. The zero-order chi connectivity index (χ0) is 26.1. The number of carbonyl (C=O) groups excluding carboxylic acids is 1. The Balaban J connectivity index is 1.31. The summed E-state index contributed by atoms with van der Waals surface area (Å²) in [6.07, 6.45) is 12.4. The fourth-order valence-electron chi connectivity index (χ4n) is 6.44. The second-order valence-corrected chi connectivity index (χ2v) is 11.9. The van der Waals surface area contributed by atoms with Crippen molar-refractivity contribution in [2.45, 2.75) is 70.1 Å². The Morgan fingerprint density at radius 1 is 0.895 bits per heavy atom. The van der Waals surface area contributed by atoms with E-state index in [1.165, 1.54) is 72.0 Å². The Labute approximate surface area is 229 Å². The lowest BCUT2D eigenvalue weighted by Crippen LogP contribution is -2.49. The highest BCUT2D eigenvalue weighted by Gasteiger charge is 2.31. The fourth-order valence-corrected chi connectivity index (χ4v) is 7.71. The minimum atomic E-state index is -0.0425. The molecule has 0 spiro atoms. The minimum Gasteiger partial charge on any atom is -0.496 e. The summed E-state index contributed by atoms with van der Waals surface area (Å²) in [5.74, 6) is 3.67. The van der Waals surface area contributed by atoms with Crippen LogP contribution in [0.25, 0.3) is 10.2 Å². The first-order chi connectivity index (χ1) is 18.7. The molecule has 0 N–H and O–H groups in total. The molecule has 8 heteroatoms. The van der Waals surface area contributed by atoms with Gasteiger partial charge in [0, 0.05) is 37.0 Å². The number of aryl methyl sites for hydroxylation is 2. The average Bonchev–Trinajstić information content (AvgIpc) is 3.16. The lowest BCUT2D eigenvalue weighted by Gasteiger charge is -2.36. The molecule has 0 bridgehead atoms. The van der Waals surface area contributed by atoms with Crippen LogP contribution in [-0.2, 0) is 12.8 Å². The van der Waals surface area contributed by atoms with E-state index < -0.39 is 0 Å². The largest absolute Gasteiger partial charge is 0.496 e. The van der Waals surface area contributed by atoms with Gasteiger partial charge in [-0.2, -0.15) is 0 Å². The van der Waals surface area contributed by atoms with Gasteiger partial charge in [-0.25, -0.2) is 9.97 Å².